The molecule has 0 saturated heterocycles. The van der Waals surface area contributed by atoms with Gasteiger partial charge in [0.2, 0.25) is 0 Å². The summed E-state index contributed by atoms with van der Waals surface area (Å²) in [6.07, 6.45) is 4.58. The maximum absolute atomic E-state index is 13.0. The van der Waals surface area contributed by atoms with Crippen molar-refractivity contribution in [2.24, 2.45) is 0 Å². The minimum Gasteiger partial charge on any atom is -0.790 e. The second-order valence-corrected chi connectivity index (χ2v) is 8.36. The molecule has 11 heteroatoms. The molecule has 0 saturated carbocycles. The number of hydrogen-bond donors (Lipinski definition) is 0. The summed E-state index contributed by atoms with van der Waals surface area (Å²) >= 11 is 0. The molecule has 0 heterocycles. The van der Waals surface area contributed by atoms with E-state index in [1.165, 1.54) is 18.2 Å². The second-order valence-electron chi connectivity index (χ2n) is 5.66. The van der Waals surface area contributed by atoms with E-state index in [4.69, 9.17) is 4.74 Å². The first kappa shape index (κ1) is 23.7. The van der Waals surface area contributed by atoms with Gasteiger partial charge in [-0.1, -0.05) is 23.8 Å². The van der Waals surface area contributed by atoms with Crippen LogP contribution in [0.15, 0.2) is 47.6 Å². The van der Waals surface area contributed by atoms with E-state index in [-0.39, 0.29) is 5.82 Å². The van der Waals surface area contributed by atoms with Crippen LogP contribution in [0.3, 0.4) is 0 Å². The fourth-order valence-electron chi connectivity index (χ4n) is 1.88. The highest BCUT2D eigenvalue weighted by atomic mass is 31.3. The normalized spacial score (nSPS) is 15.5. The van der Waals surface area contributed by atoms with Crippen molar-refractivity contribution in [3.8, 4) is 5.75 Å². The first-order valence-electron chi connectivity index (χ1n) is 7.85. The number of phosphoric acid groups is 2. The molecule has 152 valence electrons. The maximum Gasteiger partial charge on any atom is 0.272 e. The summed E-state index contributed by atoms with van der Waals surface area (Å²) < 4.78 is 47.4. The number of benzene rings is 1. The molecule has 0 radical (unpaired) electrons. The topological polar surface area (TPSA) is 131 Å². The minimum atomic E-state index is -5.67. The summed E-state index contributed by atoms with van der Waals surface area (Å²) in [5, 5.41) is 0. The largest absolute Gasteiger partial charge is 0.790 e. The molecule has 0 aliphatic rings. The van der Waals surface area contributed by atoms with Crippen LogP contribution in [-0.4, -0.2) is 13.2 Å². The van der Waals surface area contributed by atoms with Crippen molar-refractivity contribution in [2.45, 2.75) is 26.7 Å². The van der Waals surface area contributed by atoms with Crippen LogP contribution >= 0.6 is 15.6 Å². The molecule has 0 amide bonds. The summed E-state index contributed by atoms with van der Waals surface area (Å²) in [4.78, 5) is 31.6. The zero-order chi connectivity index (χ0) is 20.5. The van der Waals surface area contributed by atoms with Crippen LogP contribution in [0.1, 0.15) is 26.7 Å². The molecule has 0 spiro atoms. The van der Waals surface area contributed by atoms with Crippen molar-refractivity contribution < 1.29 is 41.8 Å². The molecule has 27 heavy (non-hydrogen) atoms. The first-order chi connectivity index (χ1) is 12.5. The van der Waals surface area contributed by atoms with E-state index < -0.39 is 22.3 Å². The Hall–Kier alpha value is -1.31. The van der Waals surface area contributed by atoms with Crippen LogP contribution in [0.5, 0.6) is 5.75 Å². The molecular formula is C16H20FO8P2-3. The lowest BCUT2D eigenvalue weighted by Gasteiger charge is -2.34. The van der Waals surface area contributed by atoms with Gasteiger partial charge < -0.3 is 28.5 Å². The first-order valence-corrected chi connectivity index (χ1v) is 10.8. The van der Waals surface area contributed by atoms with Crippen molar-refractivity contribution in [2.75, 3.05) is 13.2 Å². The van der Waals surface area contributed by atoms with Crippen LogP contribution < -0.4 is 19.4 Å². The van der Waals surface area contributed by atoms with E-state index in [1.54, 1.807) is 19.1 Å². The molecule has 0 aliphatic carbocycles. The molecular weight excluding hydrogens is 401 g/mol. The lowest BCUT2D eigenvalue weighted by Crippen LogP contribution is -2.19. The molecule has 0 aromatic heterocycles. The highest BCUT2D eigenvalue weighted by Crippen LogP contribution is 2.50. The smallest absolute Gasteiger partial charge is 0.272 e. The van der Waals surface area contributed by atoms with E-state index in [9.17, 15) is 28.2 Å². The highest BCUT2D eigenvalue weighted by molar-refractivity contribution is 7.58. The van der Waals surface area contributed by atoms with E-state index in [1.807, 2.05) is 13.0 Å². The van der Waals surface area contributed by atoms with Gasteiger partial charge in [0.05, 0.1) is 14.4 Å². The maximum atomic E-state index is 13.0. The zero-order valence-electron chi connectivity index (χ0n) is 14.8. The Morgan fingerprint density at radius 3 is 2.48 bits per heavy atom. The van der Waals surface area contributed by atoms with E-state index >= 15 is 0 Å². The van der Waals surface area contributed by atoms with Gasteiger partial charge in [0.1, 0.15) is 18.2 Å². The Kier molecular flexibility index (Phi) is 9.56. The lowest BCUT2D eigenvalue weighted by molar-refractivity contribution is -0.339. The molecule has 1 atom stereocenters. The van der Waals surface area contributed by atoms with Crippen molar-refractivity contribution in [1.82, 2.24) is 0 Å². The van der Waals surface area contributed by atoms with Crippen LogP contribution in [0, 0.1) is 5.82 Å². The number of allylic oxidation sites excluding steroid dienone is 2. The quantitative estimate of drug-likeness (QED) is 0.393. The second kappa shape index (κ2) is 10.9. The third-order valence-corrected chi connectivity index (χ3v) is 5.22. The number of halogens is 1. The van der Waals surface area contributed by atoms with Gasteiger partial charge in [0.25, 0.3) is 7.82 Å². The van der Waals surface area contributed by atoms with Crippen LogP contribution in [-0.2, 0) is 18.0 Å². The Labute approximate surface area is 157 Å². The van der Waals surface area contributed by atoms with Gasteiger partial charge in [0.15, 0.2) is 0 Å². The predicted molar refractivity (Wildman–Crippen MR) is 90.9 cm³/mol. The molecule has 1 rings (SSSR count). The molecule has 1 aromatic carbocycles. The monoisotopic (exact) mass is 421 g/mol. The Morgan fingerprint density at radius 2 is 1.85 bits per heavy atom. The van der Waals surface area contributed by atoms with Gasteiger partial charge in [-0.2, -0.15) is 0 Å². The van der Waals surface area contributed by atoms with Gasteiger partial charge in [0, 0.05) is 6.07 Å². The summed E-state index contributed by atoms with van der Waals surface area (Å²) in [6.45, 7) is 3.45. The number of hydrogen-bond acceptors (Lipinski definition) is 8. The van der Waals surface area contributed by atoms with Gasteiger partial charge in [-0.25, -0.2) is 4.39 Å². The highest BCUT2D eigenvalue weighted by Gasteiger charge is 2.10. The molecule has 1 unspecified atom stereocenters. The molecule has 0 bridgehead atoms. The third-order valence-electron chi connectivity index (χ3n) is 3.16. The van der Waals surface area contributed by atoms with Crippen LogP contribution in [0.2, 0.25) is 0 Å². The summed E-state index contributed by atoms with van der Waals surface area (Å²) in [5.74, 6) is 0.0550. The van der Waals surface area contributed by atoms with E-state index in [0.717, 1.165) is 11.1 Å². The number of ether oxygens (including phenoxy) is 1. The SMILES string of the molecule is C/C(=C\COP(=O)([O-])OP(=O)([O-])[O-])CC/C=C(\C)COc1cccc(F)c1. The Balaban J connectivity index is 2.34. The summed E-state index contributed by atoms with van der Waals surface area (Å²) in [6, 6.07) is 5.82. The average Bonchev–Trinajstić information content (AvgIpc) is 2.50. The van der Waals surface area contributed by atoms with Crippen LogP contribution in [0.4, 0.5) is 4.39 Å². The van der Waals surface area contributed by atoms with Crippen molar-refractivity contribution >= 4 is 15.6 Å². The molecule has 0 aliphatic heterocycles. The Morgan fingerprint density at radius 1 is 1.15 bits per heavy atom. The molecule has 8 nitrogen and oxygen atoms in total. The zero-order valence-corrected chi connectivity index (χ0v) is 16.6. The lowest BCUT2D eigenvalue weighted by atomic mass is 10.1. The third kappa shape index (κ3) is 11.9. The minimum absolute atomic E-state index is 0.302. The molecule has 1 aromatic rings. The fraction of sp³-hybridized carbons (Fsp3) is 0.375. The van der Waals surface area contributed by atoms with Gasteiger partial charge in [-0.3, -0.25) is 8.88 Å². The van der Waals surface area contributed by atoms with Gasteiger partial charge in [-0.05, 0) is 44.4 Å². The van der Waals surface area contributed by atoms with E-state index in [0.29, 0.717) is 25.2 Å². The number of rotatable bonds is 11. The molecule has 0 fully saturated rings. The average molecular weight is 421 g/mol. The van der Waals surface area contributed by atoms with Gasteiger partial charge >= 0.3 is 0 Å². The fourth-order valence-corrected chi connectivity index (χ4v) is 3.30. The molecule has 0 N–H and O–H groups in total. The summed E-state index contributed by atoms with van der Waals surface area (Å²) in [5.41, 5.74) is 1.72. The van der Waals surface area contributed by atoms with Crippen molar-refractivity contribution in [3.05, 3.63) is 53.4 Å². The van der Waals surface area contributed by atoms with Gasteiger partial charge in [-0.15, -0.1) is 0 Å². The van der Waals surface area contributed by atoms with Crippen LogP contribution in [0.25, 0.3) is 0 Å². The predicted octanol–water partition coefficient (Wildman–Crippen LogP) is 2.21. The number of phosphoric ester groups is 1. The summed E-state index contributed by atoms with van der Waals surface area (Å²) in [7, 11) is -10.9. The van der Waals surface area contributed by atoms with Crippen molar-refractivity contribution in [1.29, 1.82) is 0 Å². The van der Waals surface area contributed by atoms with E-state index in [2.05, 4.69) is 8.83 Å². The van der Waals surface area contributed by atoms with Crippen molar-refractivity contribution in [3.63, 3.8) is 0 Å². The Bertz CT molecular complexity index is 771. The standard InChI is InChI=1S/C16H23FO8P2/c1-13(9-10-24-27(21,22)25-26(18,19)20)5-3-6-14(2)12-23-16-8-4-7-15(17)11-16/h4,6-9,11H,3,5,10,12H2,1-2H3,(H,21,22)(H2,18,19,20)/p-3/b13-9+,14-6+.